The second-order valence-electron chi connectivity index (χ2n) is 7.22. The molecule has 4 heterocycles. The Hall–Kier alpha value is -3.69. The fourth-order valence-electron chi connectivity index (χ4n) is 3.67. The van der Waals surface area contributed by atoms with Crippen LogP contribution in [0.1, 0.15) is 23.6 Å². The van der Waals surface area contributed by atoms with Crippen LogP contribution >= 0.6 is 0 Å². The maximum Gasteiger partial charge on any atom is 0.341 e. The Balaban J connectivity index is 1.28. The van der Waals surface area contributed by atoms with Crippen LogP contribution in [0.3, 0.4) is 0 Å². The molecule has 1 fully saturated rings. The van der Waals surface area contributed by atoms with E-state index in [-0.39, 0.29) is 11.5 Å². The van der Waals surface area contributed by atoms with Crippen LogP contribution in [0.15, 0.2) is 41.1 Å². The summed E-state index contributed by atoms with van der Waals surface area (Å²) >= 11 is 0. The summed E-state index contributed by atoms with van der Waals surface area (Å²) in [6, 6.07) is 4.08. The van der Waals surface area contributed by atoms with Gasteiger partial charge in [-0.3, -0.25) is 5.10 Å². The van der Waals surface area contributed by atoms with Crippen molar-refractivity contribution < 1.29 is 18.0 Å². The van der Waals surface area contributed by atoms with Gasteiger partial charge < -0.3 is 4.90 Å². The third-order valence-corrected chi connectivity index (χ3v) is 5.10. The average molecular weight is 412 g/mol. The standard InChI is InChI=1S/C20H15F3N6O/c21-14-5-13(6-15(22)7-14)17-1-2-25-29(17)20(30)28-9-12(10-28)3-11-4-16-18(24-8-11)19(23)27-26-16/h2-8,17H,1,9-10H2,(H,26,27)/t17-/m0/s1. The van der Waals surface area contributed by atoms with Crippen LogP contribution in [-0.4, -0.2) is 50.4 Å². The lowest BCUT2D eigenvalue weighted by Crippen LogP contribution is -2.49. The lowest BCUT2D eigenvalue weighted by molar-refractivity contribution is 0.136. The van der Waals surface area contributed by atoms with Crippen molar-refractivity contribution in [2.45, 2.75) is 12.5 Å². The first-order valence-corrected chi connectivity index (χ1v) is 9.23. The maximum absolute atomic E-state index is 13.6. The lowest BCUT2D eigenvalue weighted by Gasteiger charge is -2.37. The molecule has 152 valence electrons. The molecule has 0 spiro atoms. The summed E-state index contributed by atoms with van der Waals surface area (Å²) in [4.78, 5) is 18.4. The Morgan fingerprint density at radius 1 is 1.13 bits per heavy atom. The zero-order valence-electron chi connectivity index (χ0n) is 15.5. The van der Waals surface area contributed by atoms with E-state index in [0.717, 1.165) is 17.2 Å². The van der Waals surface area contributed by atoms with E-state index in [1.807, 2.05) is 6.08 Å². The minimum Gasteiger partial charge on any atom is -0.315 e. The summed E-state index contributed by atoms with van der Waals surface area (Å²) in [5.74, 6) is -2.04. The van der Waals surface area contributed by atoms with Gasteiger partial charge in [0.15, 0.2) is 0 Å². The number of rotatable bonds is 2. The number of urea groups is 1. The molecular formula is C20H15F3N6O. The number of aromatic amines is 1. The number of benzene rings is 1. The Bertz CT molecular complexity index is 1190. The molecule has 1 N–H and O–H groups in total. The molecule has 0 radical (unpaired) electrons. The van der Waals surface area contributed by atoms with Crippen molar-refractivity contribution in [2.24, 2.45) is 5.10 Å². The molecule has 2 aliphatic rings. The van der Waals surface area contributed by atoms with Gasteiger partial charge in [0.25, 0.3) is 5.95 Å². The van der Waals surface area contributed by atoms with Gasteiger partial charge >= 0.3 is 6.03 Å². The largest absolute Gasteiger partial charge is 0.341 e. The number of hydrogen-bond donors (Lipinski definition) is 1. The van der Waals surface area contributed by atoms with Gasteiger partial charge in [0.05, 0.1) is 11.6 Å². The summed E-state index contributed by atoms with van der Waals surface area (Å²) in [6.07, 6.45) is 5.36. The summed E-state index contributed by atoms with van der Waals surface area (Å²) < 4.78 is 40.5. The molecule has 2 aromatic heterocycles. The van der Waals surface area contributed by atoms with Gasteiger partial charge in [-0.1, -0.05) is 6.08 Å². The highest BCUT2D eigenvalue weighted by atomic mass is 19.1. The molecule has 3 aromatic rings. The number of hydrazone groups is 1. The van der Waals surface area contributed by atoms with Crippen LogP contribution < -0.4 is 0 Å². The molecule has 0 saturated carbocycles. The molecule has 0 unspecified atom stereocenters. The molecule has 0 bridgehead atoms. The number of pyridine rings is 1. The minimum atomic E-state index is -0.693. The zero-order valence-corrected chi connectivity index (χ0v) is 15.5. The Morgan fingerprint density at radius 3 is 2.67 bits per heavy atom. The molecule has 7 nitrogen and oxygen atoms in total. The first-order chi connectivity index (χ1) is 14.5. The Morgan fingerprint density at radius 2 is 1.90 bits per heavy atom. The number of nitrogens with zero attached hydrogens (tertiary/aromatic N) is 5. The predicted octanol–water partition coefficient (Wildman–Crippen LogP) is 3.63. The average Bonchev–Trinajstić information content (AvgIpc) is 3.30. The highest BCUT2D eigenvalue weighted by Crippen LogP contribution is 2.32. The van der Waals surface area contributed by atoms with Crippen molar-refractivity contribution in [3.8, 4) is 0 Å². The van der Waals surface area contributed by atoms with Gasteiger partial charge in [0.2, 0.25) is 0 Å². The number of H-pyrrole nitrogens is 1. The van der Waals surface area contributed by atoms with Crippen molar-refractivity contribution in [2.75, 3.05) is 13.1 Å². The summed E-state index contributed by atoms with van der Waals surface area (Å²) in [5, 5.41) is 11.4. The van der Waals surface area contributed by atoms with Gasteiger partial charge in [0, 0.05) is 38.0 Å². The third-order valence-electron chi connectivity index (χ3n) is 5.10. The van der Waals surface area contributed by atoms with E-state index in [9.17, 15) is 18.0 Å². The van der Waals surface area contributed by atoms with Gasteiger partial charge in [-0.05, 0) is 34.9 Å². The normalized spacial score (nSPS) is 18.2. The minimum absolute atomic E-state index is 0.175. The molecule has 10 heteroatoms. The number of likely N-dealkylation sites (tertiary alicyclic amines) is 1. The monoisotopic (exact) mass is 412 g/mol. The number of nitrogens with one attached hydrogen (secondary N) is 1. The first kappa shape index (κ1) is 18.3. The molecule has 0 aliphatic carbocycles. The SMILES string of the molecule is O=C(N1CC(=Cc2cnc3c(F)n[nH]c3c2)C1)N1N=CC[C@H]1c1cc(F)cc(F)c1. The van der Waals surface area contributed by atoms with Crippen molar-refractivity contribution in [1.29, 1.82) is 0 Å². The van der Waals surface area contributed by atoms with Gasteiger partial charge in [-0.15, -0.1) is 5.10 Å². The van der Waals surface area contributed by atoms with E-state index in [0.29, 0.717) is 30.6 Å². The van der Waals surface area contributed by atoms with Crippen LogP contribution in [0.4, 0.5) is 18.0 Å². The Labute approximate surface area is 168 Å². The van der Waals surface area contributed by atoms with Crippen LogP contribution in [-0.2, 0) is 0 Å². The molecule has 2 aliphatic heterocycles. The van der Waals surface area contributed by atoms with E-state index in [1.54, 1.807) is 17.2 Å². The molecule has 5 rings (SSSR count). The van der Waals surface area contributed by atoms with Crippen molar-refractivity contribution in [3.63, 3.8) is 0 Å². The molecule has 2 amide bonds. The fourth-order valence-corrected chi connectivity index (χ4v) is 3.67. The number of fused-ring (bicyclic) bond motifs is 1. The first-order valence-electron chi connectivity index (χ1n) is 9.23. The third kappa shape index (κ3) is 3.19. The number of carbonyl (C=O) groups excluding carboxylic acids is 1. The topological polar surface area (TPSA) is 77.5 Å². The number of hydrogen-bond acceptors (Lipinski definition) is 4. The fraction of sp³-hybridized carbons (Fsp3) is 0.200. The maximum atomic E-state index is 13.6. The summed E-state index contributed by atoms with van der Waals surface area (Å²) in [6.45, 7) is 0.787. The van der Waals surface area contributed by atoms with Crippen molar-refractivity contribution >= 4 is 29.4 Å². The highest BCUT2D eigenvalue weighted by Gasteiger charge is 2.35. The van der Waals surface area contributed by atoms with Crippen molar-refractivity contribution in [1.82, 2.24) is 25.1 Å². The number of amides is 2. The smallest absolute Gasteiger partial charge is 0.315 e. The van der Waals surface area contributed by atoms with E-state index in [1.165, 1.54) is 23.3 Å². The molecular weight excluding hydrogens is 397 g/mol. The highest BCUT2D eigenvalue weighted by molar-refractivity contribution is 5.81. The Kier molecular flexibility index (Phi) is 4.27. The predicted molar refractivity (Wildman–Crippen MR) is 103 cm³/mol. The lowest BCUT2D eigenvalue weighted by atomic mass is 10.0. The van der Waals surface area contributed by atoms with Crippen molar-refractivity contribution in [3.05, 3.63) is 64.7 Å². The second kappa shape index (κ2) is 6.97. The van der Waals surface area contributed by atoms with Crippen LogP contribution in [0, 0.1) is 17.6 Å². The zero-order chi connectivity index (χ0) is 20.8. The molecule has 30 heavy (non-hydrogen) atoms. The van der Waals surface area contributed by atoms with Gasteiger partial charge in [-0.25, -0.2) is 23.6 Å². The van der Waals surface area contributed by atoms with E-state index < -0.39 is 23.6 Å². The quantitative estimate of drug-likeness (QED) is 0.698. The van der Waals surface area contributed by atoms with Crippen LogP contribution in [0.2, 0.25) is 0 Å². The molecule has 1 atom stereocenters. The van der Waals surface area contributed by atoms with Crippen LogP contribution in [0.5, 0.6) is 0 Å². The molecule has 1 aromatic carbocycles. The second-order valence-corrected chi connectivity index (χ2v) is 7.22. The summed E-state index contributed by atoms with van der Waals surface area (Å²) in [5.41, 5.74) is 2.78. The van der Waals surface area contributed by atoms with Gasteiger partial charge in [-0.2, -0.15) is 9.49 Å². The number of aromatic nitrogens is 3. The molecule has 1 saturated heterocycles. The van der Waals surface area contributed by atoms with E-state index in [4.69, 9.17) is 0 Å². The van der Waals surface area contributed by atoms with E-state index >= 15 is 0 Å². The van der Waals surface area contributed by atoms with Gasteiger partial charge in [0.1, 0.15) is 17.2 Å². The van der Waals surface area contributed by atoms with Crippen LogP contribution in [0.25, 0.3) is 17.1 Å². The van der Waals surface area contributed by atoms with E-state index in [2.05, 4.69) is 20.3 Å². The number of halogens is 3. The summed E-state index contributed by atoms with van der Waals surface area (Å²) in [7, 11) is 0. The number of carbonyl (C=O) groups is 1.